The summed E-state index contributed by atoms with van der Waals surface area (Å²) < 4.78 is 39.5. The molecule has 136 valence electrons. The highest BCUT2D eigenvalue weighted by molar-refractivity contribution is 5.57. The van der Waals surface area contributed by atoms with Crippen LogP contribution in [-0.2, 0) is 6.18 Å². The first-order valence-corrected chi connectivity index (χ1v) is 8.21. The van der Waals surface area contributed by atoms with Gasteiger partial charge in [-0.15, -0.1) is 0 Å². The van der Waals surface area contributed by atoms with E-state index in [0.717, 1.165) is 11.8 Å². The molecule has 2 aromatic rings. The molecule has 1 aliphatic rings. The van der Waals surface area contributed by atoms with E-state index in [-0.39, 0.29) is 17.4 Å². The van der Waals surface area contributed by atoms with Crippen molar-refractivity contribution < 1.29 is 18.3 Å². The van der Waals surface area contributed by atoms with E-state index in [1.807, 2.05) is 24.0 Å². The second-order valence-corrected chi connectivity index (χ2v) is 6.34. The number of phenols is 1. The first-order valence-electron chi connectivity index (χ1n) is 8.21. The molecular weight excluding hydrogens is 343 g/mol. The van der Waals surface area contributed by atoms with E-state index in [1.165, 1.54) is 6.07 Å². The van der Waals surface area contributed by atoms with Crippen LogP contribution >= 0.6 is 0 Å². The van der Waals surface area contributed by atoms with Gasteiger partial charge < -0.3 is 14.9 Å². The number of alkyl halides is 3. The lowest BCUT2D eigenvalue weighted by Gasteiger charge is -2.42. The van der Waals surface area contributed by atoms with Crippen LogP contribution in [0, 0.1) is 11.3 Å². The molecule has 1 N–H and O–H groups in total. The highest BCUT2D eigenvalue weighted by Crippen LogP contribution is 2.35. The van der Waals surface area contributed by atoms with E-state index in [0.29, 0.717) is 25.3 Å². The minimum absolute atomic E-state index is 0.0817. The fourth-order valence-corrected chi connectivity index (χ4v) is 3.28. The molecule has 4 nitrogen and oxygen atoms in total. The molecule has 0 spiro atoms. The number of anilines is 2. The lowest BCUT2D eigenvalue weighted by atomic mass is 10.0. The molecule has 0 unspecified atom stereocenters. The van der Waals surface area contributed by atoms with Crippen molar-refractivity contribution in [2.24, 2.45) is 0 Å². The summed E-state index contributed by atoms with van der Waals surface area (Å²) in [5, 5.41) is 18.3. The monoisotopic (exact) mass is 361 g/mol. The third kappa shape index (κ3) is 3.54. The van der Waals surface area contributed by atoms with Crippen molar-refractivity contribution in [2.45, 2.75) is 19.1 Å². The molecule has 1 saturated heterocycles. The number of phenolic OH excluding ortho intramolecular Hbond substituents is 1. The molecule has 1 atom stereocenters. The SMILES string of the molecule is C[C@@H]1CN(c2ccc(C#N)c(C(F)(F)F)c2)CCN1c1ccc(O)cc1. The Balaban J connectivity index is 1.81. The van der Waals surface area contributed by atoms with E-state index in [2.05, 4.69) is 4.90 Å². The van der Waals surface area contributed by atoms with Gasteiger partial charge in [-0.25, -0.2) is 0 Å². The molecule has 7 heteroatoms. The Morgan fingerprint density at radius 1 is 1.08 bits per heavy atom. The summed E-state index contributed by atoms with van der Waals surface area (Å²) in [5.74, 6) is 0.192. The van der Waals surface area contributed by atoms with Gasteiger partial charge in [0, 0.05) is 37.1 Å². The lowest BCUT2D eigenvalue weighted by Crippen LogP contribution is -2.52. The maximum atomic E-state index is 13.2. The Morgan fingerprint density at radius 2 is 1.73 bits per heavy atom. The zero-order valence-corrected chi connectivity index (χ0v) is 14.2. The Bertz CT molecular complexity index is 827. The molecule has 0 aliphatic carbocycles. The number of nitrogens with zero attached hydrogens (tertiary/aromatic N) is 3. The molecule has 1 aliphatic heterocycles. The van der Waals surface area contributed by atoms with Crippen LogP contribution in [0.1, 0.15) is 18.1 Å². The summed E-state index contributed by atoms with van der Waals surface area (Å²) >= 11 is 0. The van der Waals surface area contributed by atoms with Gasteiger partial charge in [-0.05, 0) is 49.4 Å². The third-order valence-electron chi connectivity index (χ3n) is 4.60. The third-order valence-corrected chi connectivity index (χ3v) is 4.60. The van der Waals surface area contributed by atoms with Crippen LogP contribution in [0.2, 0.25) is 0 Å². The fraction of sp³-hybridized carbons (Fsp3) is 0.316. The summed E-state index contributed by atoms with van der Waals surface area (Å²) in [6, 6.07) is 12.4. The highest BCUT2D eigenvalue weighted by Gasteiger charge is 2.34. The lowest BCUT2D eigenvalue weighted by molar-refractivity contribution is -0.137. The maximum Gasteiger partial charge on any atom is 0.417 e. The van der Waals surface area contributed by atoms with Crippen molar-refractivity contribution >= 4 is 11.4 Å². The number of piperazine rings is 1. The average Bonchev–Trinajstić information content (AvgIpc) is 2.61. The smallest absolute Gasteiger partial charge is 0.417 e. The molecule has 0 aromatic heterocycles. The molecular formula is C19H18F3N3O. The molecule has 3 rings (SSSR count). The minimum Gasteiger partial charge on any atom is -0.508 e. The number of benzene rings is 2. The van der Waals surface area contributed by atoms with Crippen LogP contribution in [0.4, 0.5) is 24.5 Å². The average molecular weight is 361 g/mol. The van der Waals surface area contributed by atoms with Crippen molar-refractivity contribution in [1.29, 1.82) is 5.26 Å². The highest BCUT2D eigenvalue weighted by atomic mass is 19.4. The number of aromatic hydroxyl groups is 1. The molecule has 0 bridgehead atoms. The van der Waals surface area contributed by atoms with Gasteiger partial charge in [-0.1, -0.05) is 0 Å². The molecule has 1 heterocycles. The first kappa shape index (κ1) is 17.9. The number of hydrogen-bond donors (Lipinski definition) is 1. The quantitative estimate of drug-likeness (QED) is 0.879. The summed E-state index contributed by atoms with van der Waals surface area (Å²) in [6.45, 7) is 3.78. The van der Waals surface area contributed by atoms with Gasteiger partial charge in [0.2, 0.25) is 0 Å². The van der Waals surface area contributed by atoms with E-state index in [4.69, 9.17) is 5.26 Å². The molecule has 2 aromatic carbocycles. The van der Waals surface area contributed by atoms with Crippen LogP contribution in [0.5, 0.6) is 5.75 Å². The van der Waals surface area contributed by atoms with Crippen LogP contribution in [0.25, 0.3) is 0 Å². The maximum absolute atomic E-state index is 13.2. The standard InChI is InChI=1S/C19H18F3N3O/c1-13-12-24(8-9-25(13)15-4-6-17(26)7-5-15)16-3-2-14(11-23)18(10-16)19(20,21)22/h2-7,10,13,26H,8-9,12H2,1H3/t13-/m1/s1. The van der Waals surface area contributed by atoms with Gasteiger partial charge in [0.05, 0.1) is 17.2 Å². The molecule has 1 fully saturated rings. The number of rotatable bonds is 2. The normalized spacial score (nSPS) is 17.9. The zero-order valence-electron chi connectivity index (χ0n) is 14.2. The Labute approximate surface area is 149 Å². The summed E-state index contributed by atoms with van der Waals surface area (Å²) in [4.78, 5) is 4.06. The van der Waals surface area contributed by atoms with Gasteiger partial charge in [-0.2, -0.15) is 18.4 Å². The van der Waals surface area contributed by atoms with Crippen molar-refractivity contribution in [3.8, 4) is 11.8 Å². The topological polar surface area (TPSA) is 50.5 Å². The predicted molar refractivity (Wildman–Crippen MR) is 93.3 cm³/mol. The van der Waals surface area contributed by atoms with Gasteiger partial charge in [0.1, 0.15) is 5.75 Å². The van der Waals surface area contributed by atoms with Gasteiger partial charge in [0.15, 0.2) is 0 Å². The second kappa shape index (κ2) is 6.79. The minimum atomic E-state index is -4.56. The largest absolute Gasteiger partial charge is 0.508 e. The zero-order chi connectivity index (χ0) is 18.9. The van der Waals surface area contributed by atoms with Crippen LogP contribution < -0.4 is 9.80 Å². The predicted octanol–water partition coefficient (Wildman–Crippen LogP) is 4.00. The Morgan fingerprint density at radius 3 is 2.31 bits per heavy atom. The van der Waals surface area contributed by atoms with Crippen molar-refractivity contribution in [1.82, 2.24) is 0 Å². The fourth-order valence-electron chi connectivity index (χ4n) is 3.28. The molecule has 26 heavy (non-hydrogen) atoms. The van der Waals surface area contributed by atoms with E-state index in [1.54, 1.807) is 24.3 Å². The summed E-state index contributed by atoms with van der Waals surface area (Å²) in [7, 11) is 0. The van der Waals surface area contributed by atoms with E-state index < -0.39 is 11.7 Å². The van der Waals surface area contributed by atoms with Crippen molar-refractivity contribution in [3.63, 3.8) is 0 Å². The number of nitriles is 1. The van der Waals surface area contributed by atoms with Crippen LogP contribution in [0.15, 0.2) is 42.5 Å². The van der Waals surface area contributed by atoms with Gasteiger partial charge in [0.25, 0.3) is 0 Å². The van der Waals surface area contributed by atoms with Crippen molar-refractivity contribution in [2.75, 3.05) is 29.4 Å². The van der Waals surface area contributed by atoms with Gasteiger partial charge in [-0.3, -0.25) is 0 Å². The Kier molecular flexibility index (Phi) is 4.68. The molecule has 0 radical (unpaired) electrons. The van der Waals surface area contributed by atoms with Crippen LogP contribution in [0.3, 0.4) is 0 Å². The molecule has 0 amide bonds. The van der Waals surface area contributed by atoms with Crippen molar-refractivity contribution in [3.05, 3.63) is 53.6 Å². The Hall–Kier alpha value is -2.88. The number of halogens is 3. The van der Waals surface area contributed by atoms with Gasteiger partial charge >= 0.3 is 6.18 Å². The van der Waals surface area contributed by atoms with E-state index in [9.17, 15) is 18.3 Å². The summed E-state index contributed by atoms with van der Waals surface area (Å²) in [5.41, 5.74) is 0.169. The summed E-state index contributed by atoms with van der Waals surface area (Å²) in [6.07, 6.45) is -4.56. The molecule has 0 saturated carbocycles. The van der Waals surface area contributed by atoms with Crippen LogP contribution in [-0.4, -0.2) is 30.8 Å². The van der Waals surface area contributed by atoms with E-state index >= 15 is 0 Å². The number of hydrogen-bond acceptors (Lipinski definition) is 4. The first-order chi connectivity index (χ1) is 12.3. The second-order valence-electron chi connectivity index (χ2n) is 6.34.